The van der Waals surface area contributed by atoms with Gasteiger partial charge in [0, 0.05) is 30.7 Å². The summed E-state index contributed by atoms with van der Waals surface area (Å²) >= 11 is 0. The van der Waals surface area contributed by atoms with Gasteiger partial charge in [0.05, 0.1) is 17.1 Å². The number of anilines is 1. The SMILES string of the molecule is CN(C)[C@@H]1CN(c2nc3ccccc3n([C@H]3C[C@H]4CCC[C@@H](C3)N4[C@H]3C[C@@H]4CCC[C@@H](C4)C3)c2=O)[C@@H]1C(=O)O. The number of hydrogen-bond acceptors (Lipinski definition) is 6. The number of fused-ring (bicyclic) bond motifs is 5. The van der Waals surface area contributed by atoms with E-state index in [1.54, 1.807) is 4.90 Å². The number of carbonyl (C=O) groups is 1. The number of nitrogens with zero attached hydrogens (tertiary/aromatic N) is 5. The average molecular weight is 534 g/mol. The van der Waals surface area contributed by atoms with Gasteiger partial charge in [-0.1, -0.05) is 37.8 Å². The Morgan fingerprint density at radius 1 is 0.897 bits per heavy atom. The van der Waals surface area contributed by atoms with Gasteiger partial charge in [-0.2, -0.15) is 0 Å². The summed E-state index contributed by atoms with van der Waals surface area (Å²) in [5, 5.41) is 10.0. The second-order valence-corrected chi connectivity index (χ2v) is 13.4. The van der Waals surface area contributed by atoms with Gasteiger partial charge in [-0.05, 0) is 83.0 Å². The van der Waals surface area contributed by atoms with Crippen molar-refractivity contribution in [3.63, 3.8) is 0 Å². The summed E-state index contributed by atoms with van der Waals surface area (Å²) in [6, 6.07) is 8.92. The number of rotatable bonds is 5. The zero-order valence-corrected chi connectivity index (χ0v) is 23.4. The minimum absolute atomic E-state index is 0.119. The first-order valence-corrected chi connectivity index (χ1v) is 15.3. The maximum Gasteiger partial charge on any atom is 0.328 e. The van der Waals surface area contributed by atoms with Crippen LogP contribution < -0.4 is 10.5 Å². The van der Waals surface area contributed by atoms with Gasteiger partial charge in [-0.25, -0.2) is 9.78 Å². The molecule has 1 N–H and O–H groups in total. The summed E-state index contributed by atoms with van der Waals surface area (Å²) in [7, 11) is 3.80. The molecular formula is C31H43N5O3. The van der Waals surface area contributed by atoms with E-state index in [1.807, 2.05) is 47.8 Å². The molecule has 39 heavy (non-hydrogen) atoms. The normalized spacial score (nSPS) is 36.6. The van der Waals surface area contributed by atoms with Crippen LogP contribution in [0.1, 0.15) is 76.7 Å². The summed E-state index contributed by atoms with van der Waals surface area (Å²) in [5.74, 6) is 1.23. The van der Waals surface area contributed by atoms with Crippen molar-refractivity contribution in [1.29, 1.82) is 0 Å². The van der Waals surface area contributed by atoms with Crippen molar-refractivity contribution in [2.45, 2.75) is 107 Å². The topological polar surface area (TPSA) is 81.9 Å². The zero-order valence-electron chi connectivity index (χ0n) is 23.4. The third-order valence-corrected chi connectivity index (χ3v) is 10.9. The lowest BCUT2D eigenvalue weighted by atomic mass is 9.68. The predicted molar refractivity (Wildman–Crippen MR) is 152 cm³/mol. The Morgan fingerprint density at radius 2 is 1.56 bits per heavy atom. The van der Waals surface area contributed by atoms with Crippen molar-refractivity contribution in [3.8, 4) is 0 Å². The summed E-state index contributed by atoms with van der Waals surface area (Å²) < 4.78 is 2.01. The molecule has 210 valence electrons. The average Bonchev–Trinajstić information content (AvgIpc) is 2.87. The molecule has 5 aliphatic rings. The van der Waals surface area contributed by atoms with Gasteiger partial charge in [0.2, 0.25) is 0 Å². The smallest absolute Gasteiger partial charge is 0.328 e. The van der Waals surface area contributed by atoms with Crippen LogP contribution >= 0.6 is 0 Å². The van der Waals surface area contributed by atoms with Gasteiger partial charge in [0.25, 0.3) is 5.56 Å². The fraction of sp³-hybridized carbons (Fsp3) is 0.710. The molecule has 0 amide bonds. The third-order valence-electron chi connectivity index (χ3n) is 10.9. The summed E-state index contributed by atoms with van der Waals surface area (Å²) in [4.78, 5) is 37.8. The molecule has 4 bridgehead atoms. The molecule has 4 heterocycles. The van der Waals surface area contributed by atoms with E-state index in [2.05, 4.69) is 4.90 Å². The summed E-state index contributed by atoms with van der Waals surface area (Å²) in [6.45, 7) is 0.498. The molecule has 8 atom stereocenters. The lowest BCUT2D eigenvalue weighted by molar-refractivity contribution is -0.142. The van der Waals surface area contributed by atoms with Crippen LogP contribution in [0.2, 0.25) is 0 Å². The molecule has 2 aromatic rings. The van der Waals surface area contributed by atoms with E-state index in [-0.39, 0.29) is 17.6 Å². The van der Waals surface area contributed by atoms with Crippen molar-refractivity contribution in [1.82, 2.24) is 19.4 Å². The monoisotopic (exact) mass is 533 g/mol. The van der Waals surface area contributed by atoms with E-state index >= 15 is 0 Å². The molecule has 2 saturated carbocycles. The number of para-hydroxylation sites is 2. The Morgan fingerprint density at radius 3 is 2.23 bits per heavy atom. The fourth-order valence-electron chi connectivity index (χ4n) is 9.27. The largest absolute Gasteiger partial charge is 0.480 e. The van der Waals surface area contributed by atoms with Crippen LogP contribution in [0.3, 0.4) is 0 Å². The van der Waals surface area contributed by atoms with Gasteiger partial charge < -0.3 is 19.5 Å². The third kappa shape index (κ3) is 4.29. The molecule has 8 nitrogen and oxygen atoms in total. The number of likely N-dealkylation sites (N-methyl/N-ethyl adjacent to an activating group) is 1. The highest BCUT2D eigenvalue weighted by atomic mass is 16.4. The van der Waals surface area contributed by atoms with Gasteiger partial charge >= 0.3 is 5.97 Å². The van der Waals surface area contributed by atoms with Gasteiger partial charge in [-0.3, -0.25) is 9.69 Å². The Hall–Kier alpha value is -2.45. The lowest BCUT2D eigenvalue weighted by Crippen LogP contribution is -2.69. The highest BCUT2D eigenvalue weighted by Gasteiger charge is 2.49. The minimum atomic E-state index is -0.902. The summed E-state index contributed by atoms with van der Waals surface area (Å²) in [5.41, 5.74) is 1.53. The molecule has 0 radical (unpaired) electrons. The van der Waals surface area contributed by atoms with Crippen LogP contribution in [0.5, 0.6) is 0 Å². The number of carboxylic acids is 1. The lowest BCUT2D eigenvalue weighted by Gasteiger charge is -2.55. The minimum Gasteiger partial charge on any atom is -0.480 e. The molecule has 1 aromatic carbocycles. The van der Waals surface area contributed by atoms with Crippen LogP contribution in [-0.4, -0.2) is 81.3 Å². The number of piperidine rings is 2. The molecule has 3 saturated heterocycles. The van der Waals surface area contributed by atoms with E-state index < -0.39 is 12.0 Å². The number of benzene rings is 1. The molecule has 2 aliphatic carbocycles. The highest BCUT2D eigenvalue weighted by Crippen LogP contribution is 2.47. The molecule has 7 rings (SSSR count). The van der Waals surface area contributed by atoms with Crippen molar-refractivity contribution >= 4 is 22.8 Å². The first-order valence-electron chi connectivity index (χ1n) is 15.3. The first kappa shape index (κ1) is 25.5. The molecule has 8 heteroatoms. The van der Waals surface area contributed by atoms with E-state index in [0.717, 1.165) is 35.7 Å². The second kappa shape index (κ2) is 9.88. The number of aliphatic carboxylic acids is 1. The Bertz CT molecular complexity index is 1280. The van der Waals surface area contributed by atoms with E-state index in [0.29, 0.717) is 30.5 Å². The molecule has 0 spiro atoms. The number of aromatic nitrogens is 2. The Labute approximate surface area is 231 Å². The van der Waals surface area contributed by atoms with E-state index in [9.17, 15) is 14.7 Å². The molecule has 5 fully saturated rings. The van der Waals surface area contributed by atoms with Crippen LogP contribution in [0.4, 0.5) is 5.82 Å². The number of hydrogen-bond donors (Lipinski definition) is 1. The van der Waals surface area contributed by atoms with Crippen molar-refractivity contribution in [2.24, 2.45) is 11.8 Å². The maximum absolute atomic E-state index is 14.2. The molecule has 0 unspecified atom stereocenters. The van der Waals surface area contributed by atoms with Gasteiger partial charge in [0.1, 0.15) is 6.04 Å². The Kier molecular flexibility index (Phi) is 6.46. The molecule has 3 aliphatic heterocycles. The van der Waals surface area contributed by atoms with Crippen LogP contribution in [0.25, 0.3) is 11.0 Å². The first-order chi connectivity index (χ1) is 18.9. The Balaban J connectivity index is 1.23. The van der Waals surface area contributed by atoms with Gasteiger partial charge in [-0.15, -0.1) is 0 Å². The standard InChI is InChI=1S/C31H43N5O3/c1-33(2)27-18-34(28(27)31(38)39)29-30(37)36(26-12-4-3-11-25(26)32-29)24-16-21-9-6-10-22(17-24)35(21)23-14-19-7-5-8-20(13-19)15-23/h3-4,11-12,19-24,27-28H,5-10,13-18H2,1-2H3,(H,38,39)/t19-,20+,21-,22+,23+,24+,27-,28+/m1/s1. The maximum atomic E-state index is 14.2. The van der Waals surface area contributed by atoms with Crippen molar-refractivity contribution < 1.29 is 9.90 Å². The van der Waals surface area contributed by atoms with E-state index in [4.69, 9.17) is 4.98 Å². The molecule has 1 aromatic heterocycles. The van der Waals surface area contributed by atoms with Crippen LogP contribution in [-0.2, 0) is 4.79 Å². The van der Waals surface area contributed by atoms with Gasteiger partial charge in [0.15, 0.2) is 5.82 Å². The second-order valence-electron chi connectivity index (χ2n) is 13.4. The highest BCUT2D eigenvalue weighted by molar-refractivity contribution is 5.83. The van der Waals surface area contributed by atoms with Crippen LogP contribution in [0.15, 0.2) is 29.1 Å². The zero-order chi connectivity index (χ0) is 26.8. The number of carboxylic acid groups (broad SMARTS) is 1. The predicted octanol–water partition coefficient (Wildman–Crippen LogP) is 4.13. The van der Waals surface area contributed by atoms with Crippen LogP contribution in [0, 0.1) is 11.8 Å². The van der Waals surface area contributed by atoms with Crippen molar-refractivity contribution in [2.75, 3.05) is 25.5 Å². The van der Waals surface area contributed by atoms with Crippen molar-refractivity contribution in [3.05, 3.63) is 34.6 Å². The van der Waals surface area contributed by atoms with E-state index in [1.165, 1.54) is 57.8 Å². The quantitative estimate of drug-likeness (QED) is 0.619. The summed E-state index contributed by atoms with van der Waals surface area (Å²) in [6.07, 6.45) is 14.2. The fourth-order valence-corrected chi connectivity index (χ4v) is 9.27. The molecular weight excluding hydrogens is 490 g/mol.